The molecule has 8 heteroatoms. The van der Waals surface area contributed by atoms with Gasteiger partial charge in [-0.15, -0.1) is 0 Å². The van der Waals surface area contributed by atoms with Gasteiger partial charge in [0.25, 0.3) is 6.43 Å². The lowest BCUT2D eigenvalue weighted by Crippen LogP contribution is -2.62. The van der Waals surface area contributed by atoms with Gasteiger partial charge in [0, 0.05) is 25.0 Å². The normalized spacial score (nSPS) is 20.8. The van der Waals surface area contributed by atoms with Crippen LogP contribution in [0.3, 0.4) is 0 Å². The fraction of sp³-hybridized carbons (Fsp3) is 0.643. The SMILES string of the molecule is FC(F)Cn1ncc2ncc(N3CC4(CCCNC4)C3)nc21. The predicted octanol–water partition coefficient (Wildman–Crippen LogP) is 1.28. The number of halogens is 2. The van der Waals surface area contributed by atoms with Gasteiger partial charge in [0.15, 0.2) is 5.65 Å². The first-order valence-electron chi connectivity index (χ1n) is 7.58. The minimum Gasteiger partial charge on any atom is -0.354 e. The van der Waals surface area contributed by atoms with E-state index in [0.29, 0.717) is 16.6 Å². The molecule has 2 saturated heterocycles. The maximum atomic E-state index is 12.6. The van der Waals surface area contributed by atoms with Crippen molar-refractivity contribution in [3.63, 3.8) is 0 Å². The Morgan fingerprint density at radius 3 is 2.91 bits per heavy atom. The van der Waals surface area contributed by atoms with Crippen LogP contribution in [0.4, 0.5) is 14.6 Å². The van der Waals surface area contributed by atoms with Crippen LogP contribution in [0.25, 0.3) is 11.2 Å². The molecular formula is C14H18F2N6. The number of fused-ring (bicyclic) bond motifs is 1. The lowest BCUT2D eigenvalue weighted by molar-refractivity contribution is 0.123. The minimum absolute atomic E-state index is 0.345. The molecule has 1 spiro atoms. The highest BCUT2D eigenvalue weighted by Crippen LogP contribution is 2.38. The first-order chi connectivity index (χ1) is 10.7. The second kappa shape index (κ2) is 5.12. The Kier molecular flexibility index (Phi) is 3.21. The molecule has 0 radical (unpaired) electrons. The summed E-state index contributed by atoms with van der Waals surface area (Å²) in [5.74, 6) is 0.750. The van der Waals surface area contributed by atoms with Crippen LogP contribution >= 0.6 is 0 Å². The van der Waals surface area contributed by atoms with E-state index in [1.165, 1.54) is 23.7 Å². The summed E-state index contributed by atoms with van der Waals surface area (Å²) in [6.07, 6.45) is 3.18. The number of nitrogens with one attached hydrogen (secondary N) is 1. The van der Waals surface area contributed by atoms with Gasteiger partial charge in [0.1, 0.15) is 17.9 Å². The molecule has 1 N–H and O–H groups in total. The summed E-state index contributed by atoms with van der Waals surface area (Å²) in [6.45, 7) is 3.59. The van der Waals surface area contributed by atoms with Crippen LogP contribution in [0, 0.1) is 5.41 Å². The standard InChI is InChI=1S/C14H18F2N6/c15-11(16)6-22-13-10(4-19-22)18-5-12(20-13)21-8-14(9-21)2-1-3-17-7-14/h4-5,11,17H,1-3,6-9H2. The molecule has 22 heavy (non-hydrogen) atoms. The fourth-order valence-electron chi connectivity index (χ4n) is 3.48. The Morgan fingerprint density at radius 1 is 1.32 bits per heavy atom. The zero-order valence-corrected chi connectivity index (χ0v) is 12.2. The molecule has 0 amide bonds. The molecule has 0 unspecified atom stereocenters. The number of rotatable bonds is 3. The van der Waals surface area contributed by atoms with E-state index in [1.54, 1.807) is 6.20 Å². The van der Waals surface area contributed by atoms with Gasteiger partial charge in [-0.05, 0) is 19.4 Å². The molecule has 4 heterocycles. The number of hydrogen-bond acceptors (Lipinski definition) is 5. The average molecular weight is 308 g/mol. The number of nitrogens with zero attached hydrogens (tertiary/aromatic N) is 5. The highest BCUT2D eigenvalue weighted by Gasteiger charge is 2.44. The molecule has 0 atom stereocenters. The summed E-state index contributed by atoms with van der Waals surface area (Å²) in [5, 5.41) is 7.39. The maximum Gasteiger partial charge on any atom is 0.258 e. The van der Waals surface area contributed by atoms with Crippen molar-refractivity contribution in [3.05, 3.63) is 12.4 Å². The van der Waals surface area contributed by atoms with Crippen molar-refractivity contribution in [3.8, 4) is 0 Å². The monoisotopic (exact) mass is 308 g/mol. The van der Waals surface area contributed by atoms with Crippen molar-refractivity contribution >= 4 is 17.0 Å². The van der Waals surface area contributed by atoms with Gasteiger partial charge in [0.05, 0.1) is 12.4 Å². The van der Waals surface area contributed by atoms with E-state index in [1.807, 2.05) is 0 Å². The maximum absolute atomic E-state index is 12.6. The molecule has 2 aromatic heterocycles. The lowest BCUT2D eigenvalue weighted by atomic mass is 9.74. The largest absolute Gasteiger partial charge is 0.354 e. The van der Waals surface area contributed by atoms with Crippen molar-refractivity contribution in [2.75, 3.05) is 31.1 Å². The Morgan fingerprint density at radius 2 is 2.18 bits per heavy atom. The topological polar surface area (TPSA) is 58.9 Å². The minimum atomic E-state index is -2.45. The molecule has 0 saturated carbocycles. The van der Waals surface area contributed by atoms with Crippen molar-refractivity contribution in [1.29, 1.82) is 0 Å². The highest BCUT2D eigenvalue weighted by molar-refractivity contribution is 5.71. The Hall–Kier alpha value is -1.83. The molecular weight excluding hydrogens is 290 g/mol. The number of aromatic nitrogens is 4. The molecule has 6 nitrogen and oxygen atoms in total. The Balaban J connectivity index is 1.55. The summed E-state index contributed by atoms with van der Waals surface area (Å²) in [6, 6.07) is 0. The summed E-state index contributed by atoms with van der Waals surface area (Å²) >= 11 is 0. The molecule has 2 aromatic rings. The first-order valence-corrected chi connectivity index (χ1v) is 7.58. The zero-order valence-electron chi connectivity index (χ0n) is 12.2. The van der Waals surface area contributed by atoms with E-state index in [9.17, 15) is 8.78 Å². The van der Waals surface area contributed by atoms with Gasteiger partial charge in [-0.3, -0.25) is 0 Å². The van der Waals surface area contributed by atoms with Crippen LogP contribution in [-0.4, -0.2) is 52.4 Å². The van der Waals surface area contributed by atoms with E-state index < -0.39 is 13.0 Å². The molecule has 4 rings (SSSR count). The van der Waals surface area contributed by atoms with Crippen LogP contribution in [0.1, 0.15) is 12.8 Å². The quantitative estimate of drug-likeness (QED) is 0.926. The molecule has 0 aromatic carbocycles. The van der Waals surface area contributed by atoms with Gasteiger partial charge < -0.3 is 10.2 Å². The third kappa shape index (κ3) is 2.31. The molecule has 2 aliphatic rings. The third-order valence-corrected chi connectivity index (χ3v) is 4.58. The van der Waals surface area contributed by atoms with Gasteiger partial charge in [0.2, 0.25) is 0 Å². The lowest BCUT2D eigenvalue weighted by Gasteiger charge is -2.52. The van der Waals surface area contributed by atoms with Crippen LogP contribution < -0.4 is 10.2 Å². The highest BCUT2D eigenvalue weighted by atomic mass is 19.3. The van der Waals surface area contributed by atoms with E-state index >= 15 is 0 Å². The predicted molar refractivity (Wildman–Crippen MR) is 78.1 cm³/mol. The van der Waals surface area contributed by atoms with E-state index in [0.717, 1.165) is 32.0 Å². The van der Waals surface area contributed by atoms with Crippen LogP contribution in [0.5, 0.6) is 0 Å². The van der Waals surface area contributed by atoms with Crippen LogP contribution in [-0.2, 0) is 6.54 Å². The Bertz CT molecular complexity index is 671. The Labute approximate surface area is 126 Å². The van der Waals surface area contributed by atoms with E-state index in [2.05, 4.69) is 25.3 Å². The number of alkyl halides is 2. The van der Waals surface area contributed by atoms with Crippen molar-refractivity contribution < 1.29 is 8.78 Å². The van der Waals surface area contributed by atoms with Gasteiger partial charge in [-0.1, -0.05) is 0 Å². The molecule has 0 aliphatic carbocycles. The summed E-state index contributed by atoms with van der Waals surface area (Å²) < 4.78 is 26.4. The average Bonchev–Trinajstić information content (AvgIpc) is 2.87. The summed E-state index contributed by atoms with van der Waals surface area (Å²) in [4.78, 5) is 11.0. The van der Waals surface area contributed by atoms with Crippen LogP contribution in [0.2, 0.25) is 0 Å². The van der Waals surface area contributed by atoms with Gasteiger partial charge in [-0.25, -0.2) is 23.4 Å². The van der Waals surface area contributed by atoms with Crippen molar-refractivity contribution in [1.82, 2.24) is 25.1 Å². The molecule has 118 valence electrons. The summed E-state index contributed by atoms with van der Waals surface area (Å²) in [7, 11) is 0. The summed E-state index contributed by atoms with van der Waals surface area (Å²) in [5.41, 5.74) is 1.33. The second-order valence-electron chi connectivity index (χ2n) is 6.29. The van der Waals surface area contributed by atoms with Gasteiger partial charge in [-0.2, -0.15) is 5.10 Å². The van der Waals surface area contributed by atoms with E-state index in [-0.39, 0.29) is 0 Å². The van der Waals surface area contributed by atoms with Gasteiger partial charge >= 0.3 is 0 Å². The number of hydrogen-bond donors (Lipinski definition) is 1. The fourth-order valence-corrected chi connectivity index (χ4v) is 3.48. The molecule has 0 bridgehead atoms. The molecule has 2 aliphatic heterocycles. The smallest absolute Gasteiger partial charge is 0.258 e. The third-order valence-electron chi connectivity index (χ3n) is 4.58. The van der Waals surface area contributed by atoms with E-state index in [4.69, 9.17) is 0 Å². The number of anilines is 1. The molecule has 2 fully saturated rings. The first kappa shape index (κ1) is 13.8. The van der Waals surface area contributed by atoms with Crippen molar-refractivity contribution in [2.45, 2.75) is 25.8 Å². The number of piperidine rings is 1. The second-order valence-corrected chi connectivity index (χ2v) is 6.29. The zero-order chi connectivity index (χ0) is 15.2. The van der Waals surface area contributed by atoms with Crippen molar-refractivity contribution in [2.24, 2.45) is 5.41 Å². The van der Waals surface area contributed by atoms with Crippen LogP contribution in [0.15, 0.2) is 12.4 Å².